The molecule has 0 spiro atoms. The first kappa shape index (κ1) is 51.3. The van der Waals surface area contributed by atoms with Crippen LogP contribution >= 0.6 is 34.7 Å². The van der Waals surface area contributed by atoms with Crippen molar-refractivity contribution in [1.82, 2.24) is 41.1 Å². The molecule has 21 heteroatoms. The molecular formula is C48H60ClFN10O7S2. The third-order valence-corrected chi connectivity index (χ3v) is 15.8. The van der Waals surface area contributed by atoms with E-state index in [1.165, 1.54) is 30.0 Å². The number of carbonyl (C=O) groups excluding carboxylic acids is 5. The van der Waals surface area contributed by atoms with Crippen LogP contribution in [-0.2, 0) is 25.7 Å². The van der Waals surface area contributed by atoms with Gasteiger partial charge in [0.15, 0.2) is 5.67 Å². The van der Waals surface area contributed by atoms with Crippen molar-refractivity contribution in [2.24, 2.45) is 11.8 Å². The molecule has 2 aromatic carbocycles. The zero-order chi connectivity index (χ0) is 49.5. The lowest BCUT2D eigenvalue weighted by atomic mass is 9.82. The fourth-order valence-electron chi connectivity index (χ4n) is 8.54. The van der Waals surface area contributed by atoms with Crippen molar-refractivity contribution in [3.63, 3.8) is 0 Å². The minimum atomic E-state index is -2.04. The van der Waals surface area contributed by atoms with E-state index >= 15 is 4.39 Å². The number of thiazole rings is 1. The van der Waals surface area contributed by atoms with Crippen molar-refractivity contribution in [2.75, 3.05) is 50.2 Å². The minimum absolute atomic E-state index is 0.0261. The fraction of sp³-hybridized carbons (Fsp3) is 0.500. The summed E-state index contributed by atoms with van der Waals surface area (Å²) in [5.74, 6) is -0.480. The van der Waals surface area contributed by atoms with Gasteiger partial charge >= 0.3 is 0 Å². The number of nitrogens with zero attached hydrogens (tertiary/aromatic N) is 4. The molecule has 4 aromatic rings. The van der Waals surface area contributed by atoms with Crippen LogP contribution in [0.5, 0.6) is 5.75 Å². The molecule has 5 amide bonds. The van der Waals surface area contributed by atoms with Crippen molar-refractivity contribution in [3.05, 3.63) is 76.0 Å². The molecule has 2 saturated carbocycles. The van der Waals surface area contributed by atoms with Crippen molar-refractivity contribution in [2.45, 2.75) is 101 Å². The van der Waals surface area contributed by atoms with E-state index < -0.39 is 46.3 Å². The van der Waals surface area contributed by atoms with Crippen LogP contribution < -0.4 is 36.6 Å². The number of aliphatic hydroxyl groups excluding tert-OH is 1. The van der Waals surface area contributed by atoms with E-state index in [1.807, 2.05) is 45.0 Å². The number of hydrogen-bond donors (Lipinski definition) is 7. The molecule has 370 valence electrons. The number of aliphatic hydroxyl groups is 1. The fourth-order valence-corrected chi connectivity index (χ4v) is 10.9. The molecule has 1 unspecified atom stereocenters. The number of amides is 5. The van der Waals surface area contributed by atoms with Gasteiger partial charge in [0, 0.05) is 55.9 Å². The maximum absolute atomic E-state index is 15.1. The van der Waals surface area contributed by atoms with Gasteiger partial charge in [-0.3, -0.25) is 24.0 Å². The Morgan fingerprint density at radius 3 is 2.41 bits per heavy atom. The quantitative estimate of drug-likeness (QED) is 0.0522. The van der Waals surface area contributed by atoms with Crippen LogP contribution in [0.25, 0.3) is 10.4 Å². The molecule has 3 fully saturated rings. The Balaban J connectivity index is 0.872. The van der Waals surface area contributed by atoms with Gasteiger partial charge in [-0.2, -0.15) is 16.7 Å². The van der Waals surface area contributed by atoms with Crippen LogP contribution in [0, 0.1) is 18.8 Å². The summed E-state index contributed by atoms with van der Waals surface area (Å²) in [6.45, 7) is 6.17. The van der Waals surface area contributed by atoms with Gasteiger partial charge in [0.1, 0.15) is 28.7 Å². The van der Waals surface area contributed by atoms with Gasteiger partial charge in [-0.25, -0.2) is 14.4 Å². The van der Waals surface area contributed by atoms with E-state index in [9.17, 15) is 29.1 Å². The number of thioether (sulfide) groups is 1. The van der Waals surface area contributed by atoms with E-state index in [1.54, 1.807) is 42.1 Å². The number of nitrogens with one attached hydrogen (secondary N) is 6. The highest BCUT2D eigenvalue weighted by Crippen LogP contribution is 2.42. The molecule has 7 rings (SSSR count). The Kier molecular flexibility index (Phi) is 16.7. The Hall–Kier alpha value is -5.57. The molecular weight excluding hydrogens is 947 g/mol. The summed E-state index contributed by atoms with van der Waals surface area (Å²) in [5.41, 5.74) is 3.49. The van der Waals surface area contributed by atoms with Crippen LogP contribution in [0.1, 0.15) is 80.4 Å². The van der Waals surface area contributed by atoms with E-state index in [0.29, 0.717) is 46.4 Å². The number of aromatic nitrogens is 3. The molecule has 69 heavy (non-hydrogen) atoms. The maximum atomic E-state index is 15.1. The first-order chi connectivity index (χ1) is 33.0. The lowest BCUT2D eigenvalue weighted by Crippen LogP contribution is -2.61. The minimum Gasteiger partial charge on any atom is -0.495 e. The lowest BCUT2D eigenvalue weighted by molar-refractivity contribution is -0.143. The average molecular weight is 1010 g/mol. The number of β-amino-alcohol motifs (C(OH)–C–C–N with tert-alkyl or cyclic N) is 1. The van der Waals surface area contributed by atoms with E-state index in [2.05, 4.69) is 46.9 Å². The van der Waals surface area contributed by atoms with Crippen LogP contribution in [0.15, 0.2) is 54.2 Å². The first-order valence-electron chi connectivity index (χ1n) is 23.1. The number of aryl methyl sites for hydroxylation is 1. The number of hydrogen-bond acceptors (Lipinski definition) is 14. The van der Waals surface area contributed by atoms with Crippen LogP contribution in [-0.4, -0.2) is 123 Å². The number of alkyl halides is 1. The van der Waals surface area contributed by atoms with Gasteiger partial charge in [-0.05, 0) is 100 Å². The van der Waals surface area contributed by atoms with Gasteiger partial charge in [0.05, 0.1) is 41.2 Å². The zero-order valence-electron chi connectivity index (χ0n) is 39.3. The Bertz CT molecular complexity index is 2500. The Morgan fingerprint density at radius 1 is 1.01 bits per heavy atom. The van der Waals surface area contributed by atoms with Crippen molar-refractivity contribution >= 4 is 81.7 Å². The number of anilines is 3. The number of ether oxygens (including phenoxy) is 1. The molecule has 3 atom stereocenters. The molecule has 2 aromatic heterocycles. The van der Waals surface area contributed by atoms with Gasteiger partial charge in [-0.1, -0.05) is 35.9 Å². The molecule has 17 nitrogen and oxygen atoms in total. The summed E-state index contributed by atoms with van der Waals surface area (Å²) in [5, 5.41) is 28.5. The average Bonchev–Trinajstić information content (AvgIpc) is 3.76. The largest absolute Gasteiger partial charge is 0.495 e. The first-order valence-corrected chi connectivity index (χ1v) is 25.3. The van der Waals surface area contributed by atoms with E-state index in [0.717, 1.165) is 34.5 Å². The monoisotopic (exact) mass is 1010 g/mol. The number of halogens is 2. The molecule has 3 heterocycles. The molecule has 0 radical (unpaired) electrons. The Morgan fingerprint density at radius 2 is 1.74 bits per heavy atom. The number of benzene rings is 2. The second-order valence-electron chi connectivity index (χ2n) is 18.3. The highest BCUT2D eigenvalue weighted by Gasteiger charge is 2.54. The summed E-state index contributed by atoms with van der Waals surface area (Å²) in [4.78, 5) is 82.7. The molecule has 0 bridgehead atoms. The third kappa shape index (κ3) is 12.8. The normalized spacial score (nSPS) is 20.0. The highest BCUT2D eigenvalue weighted by molar-refractivity contribution is 8.00. The summed E-state index contributed by atoms with van der Waals surface area (Å²) < 4.78 is 19.7. The lowest BCUT2D eigenvalue weighted by Gasteiger charge is -2.38. The molecule has 2 aliphatic carbocycles. The number of carbonyl (C=O) groups is 5. The third-order valence-electron chi connectivity index (χ3n) is 12.9. The molecule has 1 saturated heterocycles. The SMILES string of the molecule is CNc1nc(Nc2ccc(C(=O)NCCNC(=O)C3CCC(CSC(C)(C)[C@H](NC(=O)C4(F)CC4)C(=O)N4C[C@H](O)CC4C(=O)NCc4ccc(-c5scnc5C)cc4)CC3)cc2OC)ncc1Cl. The molecule has 1 aliphatic heterocycles. The predicted octanol–water partition coefficient (Wildman–Crippen LogP) is 5.79. The van der Waals surface area contributed by atoms with Crippen molar-refractivity contribution in [1.29, 1.82) is 0 Å². The van der Waals surface area contributed by atoms with Gasteiger partial charge < -0.3 is 46.6 Å². The van der Waals surface area contributed by atoms with Gasteiger partial charge in [0.25, 0.3) is 11.8 Å². The van der Waals surface area contributed by atoms with Crippen molar-refractivity contribution < 1.29 is 38.2 Å². The Labute approximate surface area is 414 Å². The number of likely N-dealkylation sites (tertiary alicyclic amines) is 1. The summed E-state index contributed by atoms with van der Waals surface area (Å²) in [6, 6.07) is 10.5. The molecule has 3 aliphatic rings. The highest BCUT2D eigenvalue weighted by atomic mass is 35.5. The van der Waals surface area contributed by atoms with E-state index in [4.69, 9.17) is 16.3 Å². The van der Waals surface area contributed by atoms with Crippen molar-refractivity contribution in [3.8, 4) is 16.2 Å². The number of rotatable bonds is 20. The summed E-state index contributed by atoms with van der Waals surface area (Å²) in [6.07, 6.45) is 3.51. The topological polar surface area (TPSA) is 229 Å². The second-order valence-corrected chi connectivity index (χ2v) is 21.2. The predicted molar refractivity (Wildman–Crippen MR) is 265 cm³/mol. The van der Waals surface area contributed by atoms with Gasteiger partial charge in [0.2, 0.25) is 23.7 Å². The standard InChI is InChI=1S/C48H60ClFN10O7S2/c1-27-38(68-26-56-27)30-10-6-28(7-11-30)22-54-43(64)36-21-33(61)24-60(36)44(65)39(58-45(66)48(50)16-17-48)47(2,3)69-25-29-8-12-31(13-9-29)41(62)52-18-19-53-42(63)32-14-15-35(37(20-32)67-5)57-46-55-23-34(49)40(51-4)59-46/h6-7,10-11,14-15,20,23,26,29,31,33,36,39,61H,8-9,12-13,16-19,21-22,24-25H2,1-5H3,(H,52,62)(H,53,63)(H,54,64)(H,58,66)(H2,51,55,57,59)/t29?,31?,33-,36?,39-/m1/s1. The smallest absolute Gasteiger partial charge is 0.258 e. The van der Waals surface area contributed by atoms with Crippen LogP contribution in [0.4, 0.5) is 21.8 Å². The second kappa shape index (κ2) is 22.5. The molecule has 7 N–H and O–H groups in total. The maximum Gasteiger partial charge on any atom is 0.258 e. The summed E-state index contributed by atoms with van der Waals surface area (Å²) in [7, 11) is 3.18. The van der Waals surface area contributed by atoms with Crippen LogP contribution in [0.3, 0.4) is 0 Å². The number of methoxy groups -OCH3 is 1. The van der Waals surface area contributed by atoms with Gasteiger partial charge in [-0.15, -0.1) is 11.3 Å². The van der Waals surface area contributed by atoms with Crippen LogP contribution in [0.2, 0.25) is 5.02 Å². The zero-order valence-corrected chi connectivity index (χ0v) is 41.7. The van der Waals surface area contributed by atoms with E-state index in [-0.39, 0.29) is 75.0 Å². The summed E-state index contributed by atoms with van der Waals surface area (Å²) >= 11 is 9.14.